The van der Waals surface area contributed by atoms with Crippen molar-refractivity contribution in [2.24, 2.45) is 0 Å². The Balaban J connectivity index is 1.18. The van der Waals surface area contributed by atoms with Gasteiger partial charge in [-0.15, -0.1) is 11.3 Å². The summed E-state index contributed by atoms with van der Waals surface area (Å²) in [5.74, 6) is -0.665. The minimum atomic E-state index is -0.714. The van der Waals surface area contributed by atoms with E-state index in [9.17, 15) is 14.8 Å². The fourth-order valence-corrected chi connectivity index (χ4v) is 6.84. The lowest BCUT2D eigenvalue weighted by atomic mass is 9.78. The molecule has 1 heterocycles. The van der Waals surface area contributed by atoms with Gasteiger partial charge < -0.3 is 10.1 Å². The van der Waals surface area contributed by atoms with Gasteiger partial charge in [-0.1, -0.05) is 54.6 Å². The monoisotopic (exact) mass is 578 g/mol. The number of aryl methyl sites for hydroxylation is 1. The van der Waals surface area contributed by atoms with E-state index in [1.807, 2.05) is 6.07 Å². The SMILES string of the molecule is CC(C)(C)OC(=O)NCC(=O)N(O)c1cccc(-c2ccc(C3=Cc4ccc5c(c4CC3)CCc3ccccc3-5)s2)c1. The first-order chi connectivity index (χ1) is 20.2. The first-order valence-corrected chi connectivity index (χ1v) is 15.1. The van der Waals surface area contributed by atoms with Gasteiger partial charge in [0.25, 0.3) is 5.91 Å². The van der Waals surface area contributed by atoms with Crippen LogP contribution in [0.1, 0.15) is 54.3 Å². The quantitative estimate of drug-likeness (QED) is 0.186. The molecule has 6 rings (SSSR count). The van der Waals surface area contributed by atoms with Crippen molar-refractivity contribution in [2.45, 2.75) is 52.1 Å². The highest BCUT2D eigenvalue weighted by molar-refractivity contribution is 7.16. The van der Waals surface area contributed by atoms with Crippen LogP contribution < -0.4 is 10.4 Å². The van der Waals surface area contributed by atoms with Gasteiger partial charge in [0, 0.05) is 9.75 Å². The van der Waals surface area contributed by atoms with Gasteiger partial charge in [-0.25, -0.2) is 4.79 Å². The number of hydroxylamine groups is 1. The molecule has 2 aliphatic rings. The van der Waals surface area contributed by atoms with E-state index in [-0.39, 0.29) is 6.54 Å². The molecule has 2 aliphatic carbocycles. The molecule has 2 amide bonds. The molecule has 0 atom stereocenters. The maximum atomic E-state index is 12.5. The number of allylic oxidation sites excluding steroid dienone is 1. The van der Waals surface area contributed by atoms with Gasteiger partial charge in [-0.2, -0.15) is 5.06 Å². The van der Waals surface area contributed by atoms with Crippen LogP contribution in [-0.4, -0.2) is 29.4 Å². The van der Waals surface area contributed by atoms with E-state index in [2.05, 4.69) is 59.9 Å². The number of benzene rings is 3. The number of nitrogens with one attached hydrogen (secondary N) is 1. The smallest absolute Gasteiger partial charge is 0.408 e. The van der Waals surface area contributed by atoms with Crippen LogP contribution in [0, 0.1) is 0 Å². The van der Waals surface area contributed by atoms with Crippen molar-refractivity contribution in [3.05, 3.63) is 99.9 Å². The highest BCUT2D eigenvalue weighted by Crippen LogP contribution is 2.42. The molecule has 0 aliphatic heterocycles. The predicted molar refractivity (Wildman–Crippen MR) is 169 cm³/mol. The number of amides is 2. The molecule has 0 spiro atoms. The van der Waals surface area contributed by atoms with Gasteiger partial charge in [-0.3, -0.25) is 10.0 Å². The molecule has 0 saturated carbocycles. The zero-order valence-electron chi connectivity index (χ0n) is 24.1. The Morgan fingerprint density at radius 1 is 0.881 bits per heavy atom. The van der Waals surface area contributed by atoms with Crippen LogP contribution in [0.5, 0.6) is 0 Å². The summed E-state index contributed by atoms with van der Waals surface area (Å²) in [6.45, 7) is 4.83. The summed E-state index contributed by atoms with van der Waals surface area (Å²) in [4.78, 5) is 26.7. The molecule has 0 radical (unpaired) electrons. The maximum absolute atomic E-state index is 12.5. The Hall–Kier alpha value is -4.20. The van der Waals surface area contributed by atoms with Gasteiger partial charge in [0.1, 0.15) is 12.1 Å². The van der Waals surface area contributed by atoms with Gasteiger partial charge >= 0.3 is 6.09 Å². The third-order valence-electron chi connectivity index (χ3n) is 7.71. The van der Waals surface area contributed by atoms with Gasteiger partial charge in [0.05, 0.1) is 5.69 Å². The fourth-order valence-electron chi connectivity index (χ4n) is 5.79. The zero-order valence-corrected chi connectivity index (χ0v) is 24.9. The minimum Gasteiger partial charge on any atom is -0.444 e. The topological polar surface area (TPSA) is 78.9 Å². The number of hydrogen-bond acceptors (Lipinski definition) is 5. The summed E-state index contributed by atoms with van der Waals surface area (Å²) in [6, 6.07) is 24.8. The van der Waals surface area contributed by atoms with E-state index >= 15 is 0 Å². The molecule has 0 unspecified atom stereocenters. The van der Waals surface area contributed by atoms with Crippen molar-refractivity contribution in [2.75, 3.05) is 11.6 Å². The molecule has 6 nitrogen and oxygen atoms in total. The van der Waals surface area contributed by atoms with Crippen LogP contribution in [0.3, 0.4) is 0 Å². The number of rotatable bonds is 5. The van der Waals surface area contributed by atoms with Crippen molar-refractivity contribution in [1.29, 1.82) is 0 Å². The Bertz CT molecular complexity index is 1710. The summed E-state index contributed by atoms with van der Waals surface area (Å²) in [5, 5.41) is 13.5. The molecule has 1 aromatic heterocycles. The minimum absolute atomic E-state index is 0.329. The number of alkyl carbamates (subject to hydrolysis) is 1. The molecule has 42 heavy (non-hydrogen) atoms. The van der Waals surface area contributed by atoms with Crippen molar-refractivity contribution < 1.29 is 19.5 Å². The van der Waals surface area contributed by atoms with E-state index in [1.54, 1.807) is 50.3 Å². The van der Waals surface area contributed by atoms with Crippen LogP contribution in [0.25, 0.3) is 33.2 Å². The van der Waals surface area contributed by atoms with E-state index in [0.29, 0.717) is 10.8 Å². The normalized spacial score (nSPS) is 13.8. The lowest BCUT2D eigenvalue weighted by Gasteiger charge is -2.26. The summed E-state index contributed by atoms with van der Waals surface area (Å²) >= 11 is 1.71. The summed E-state index contributed by atoms with van der Waals surface area (Å²) < 4.78 is 5.15. The van der Waals surface area contributed by atoms with Gasteiger partial charge in [-0.05, 0) is 115 Å². The number of thiophene rings is 1. The summed E-state index contributed by atoms with van der Waals surface area (Å²) in [5.41, 5.74) is 10.4. The second-order valence-electron chi connectivity index (χ2n) is 11.8. The summed E-state index contributed by atoms with van der Waals surface area (Å²) in [7, 11) is 0. The van der Waals surface area contributed by atoms with Crippen LogP contribution in [0.15, 0.2) is 72.8 Å². The molecule has 0 bridgehead atoms. The molecule has 2 N–H and O–H groups in total. The lowest BCUT2D eigenvalue weighted by molar-refractivity contribution is -0.122. The first kappa shape index (κ1) is 27.9. The van der Waals surface area contributed by atoms with Gasteiger partial charge in [0.15, 0.2) is 0 Å². The van der Waals surface area contributed by atoms with E-state index in [0.717, 1.165) is 36.1 Å². The van der Waals surface area contributed by atoms with Crippen molar-refractivity contribution in [3.63, 3.8) is 0 Å². The molecule has 4 aromatic rings. The zero-order chi connectivity index (χ0) is 29.4. The molecule has 214 valence electrons. The van der Waals surface area contributed by atoms with E-state index in [4.69, 9.17) is 4.74 Å². The lowest BCUT2D eigenvalue weighted by Crippen LogP contribution is -2.40. The molecular formula is C35H34N2O4S. The number of nitrogens with zero attached hydrogens (tertiary/aromatic N) is 1. The Labute approximate surface area is 250 Å². The predicted octanol–water partition coefficient (Wildman–Crippen LogP) is 7.91. The highest BCUT2D eigenvalue weighted by Gasteiger charge is 2.23. The fraction of sp³-hybridized carbons (Fsp3) is 0.257. The van der Waals surface area contributed by atoms with E-state index < -0.39 is 17.6 Å². The maximum Gasteiger partial charge on any atom is 0.408 e. The van der Waals surface area contributed by atoms with Crippen LogP contribution in [-0.2, 0) is 28.8 Å². The number of carbonyl (C=O) groups is 2. The van der Waals surface area contributed by atoms with Crippen molar-refractivity contribution in [1.82, 2.24) is 5.32 Å². The first-order valence-electron chi connectivity index (χ1n) is 14.3. The largest absolute Gasteiger partial charge is 0.444 e. The number of anilines is 1. The average Bonchev–Trinajstić information content (AvgIpc) is 3.49. The third kappa shape index (κ3) is 5.75. The Morgan fingerprint density at radius 3 is 2.50 bits per heavy atom. The van der Waals surface area contributed by atoms with Crippen LogP contribution >= 0.6 is 11.3 Å². The summed E-state index contributed by atoms with van der Waals surface area (Å²) in [6.07, 6.45) is 5.86. The van der Waals surface area contributed by atoms with Crippen LogP contribution in [0.2, 0.25) is 0 Å². The number of carbonyl (C=O) groups excluding carboxylic acids is 2. The molecular weight excluding hydrogens is 544 g/mol. The average molecular weight is 579 g/mol. The third-order valence-corrected chi connectivity index (χ3v) is 8.92. The van der Waals surface area contributed by atoms with Gasteiger partial charge in [0.2, 0.25) is 0 Å². The number of hydrogen-bond donors (Lipinski definition) is 2. The number of ether oxygens (including phenoxy) is 1. The number of fused-ring (bicyclic) bond motifs is 5. The molecule has 3 aromatic carbocycles. The Morgan fingerprint density at radius 2 is 1.67 bits per heavy atom. The van der Waals surface area contributed by atoms with Crippen molar-refractivity contribution >= 4 is 40.7 Å². The second-order valence-corrected chi connectivity index (χ2v) is 12.8. The van der Waals surface area contributed by atoms with Crippen LogP contribution in [0.4, 0.5) is 10.5 Å². The molecule has 0 fully saturated rings. The standard InChI is InChI=1S/C35H34N2O4S/c1-35(2,3)41-34(39)36-21-33(38)37(40)26-9-6-8-24(20-26)31-17-18-32(42-31)25-13-14-28-23(19-25)12-16-29-27-10-5-4-7-22(27)11-15-30(28)29/h4-10,12,16-20,40H,11,13-15,21H2,1-3H3,(H,36,39). The Kier molecular flexibility index (Phi) is 7.47. The second kappa shape index (κ2) is 11.2. The highest BCUT2D eigenvalue weighted by atomic mass is 32.1. The van der Waals surface area contributed by atoms with Crippen molar-refractivity contribution in [3.8, 4) is 21.6 Å². The van der Waals surface area contributed by atoms with E-state index in [1.165, 1.54) is 43.8 Å². The molecule has 0 saturated heterocycles. The molecule has 7 heteroatoms.